The molecule has 1 aliphatic rings. The van der Waals surface area contributed by atoms with E-state index in [1.165, 1.54) is 45.4 Å². The first-order chi connectivity index (χ1) is 9.61. The molecule has 0 aromatic carbocycles. The van der Waals surface area contributed by atoms with E-state index in [0.717, 1.165) is 19.3 Å². The van der Waals surface area contributed by atoms with E-state index in [1.54, 1.807) is 0 Å². The van der Waals surface area contributed by atoms with E-state index in [1.807, 2.05) is 6.92 Å². The molecule has 2 unspecified atom stereocenters. The molecule has 116 valence electrons. The average molecular weight is 282 g/mol. The Morgan fingerprint density at radius 2 is 1.65 bits per heavy atom. The minimum Gasteiger partial charge on any atom is -0.466 e. The van der Waals surface area contributed by atoms with Crippen molar-refractivity contribution in [1.82, 2.24) is 0 Å². The minimum atomic E-state index is -0.252. The van der Waals surface area contributed by atoms with Crippen molar-refractivity contribution in [2.24, 2.45) is 11.8 Å². The van der Waals surface area contributed by atoms with Gasteiger partial charge < -0.3 is 4.74 Å². The number of carbonyl (C=O) groups excluding carboxylic acids is 2. The third-order valence-corrected chi connectivity index (χ3v) is 4.34. The summed E-state index contributed by atoms with van der Waals surface area (Å²) in [5.41, 5.74) is 0. The third-order valence-electron chi connectivity index (χ3n) is 4.34. The van der Waals surface area contributed by atoms with Crippen LogP contribution in [0.25, 0.3) is 0 Å². The number of Topliss-reactive ketones (excluding diaryl/α,β-unsaturated/α-hetero) is 1. The Morgan fingerprint density at radius 3 is 2.25 bits per heavy atom. The topological polar surface area (TPSA) is 43.4 Å². The molecule has 0 radical (unpaired) electrons. The number of hydrogen-bond donors (Lipinski definition) is 0. The molecule has 0 amide bonds. The number of ketones is 1. The molecule has 0 aromatic heterocycles. The van der Waals surface area contributed by atoms with E-state index in [4.69, 9.17) is 4.74 Å². The van der Waals surface area contributed by atoms with Crippen LogP contribution in [0.4, 0.5) is 0 Å². The van der Waals surface area contributed by atoms with Gasteiger partial charge in [0.2, 0.25) is 0 Å². The van der Waals surface area contributed by atoms with Gasteiger partial charge in [0.15, 0.2) is 0 Å². The molecule has 3 nitrogen and oxygen atoms in total. The third kappa shape index (κ3) is 7.06. The predicted octanol–water partition coefficient (Wildman–Crippen LogP) is 4.29. The first-order valence-electron chi connectivity index (χ1n) is 8.27. The first-order valence-corrected chi connectivity index (χ1v) is 8.27. The van der Waals surface area contributed by atoms with Gasteiger partial charge in [0, 0.05) is 19.3 Å². The molecule has 0 aliphatic heterocycles. The largest absolute Gasteiger partial charge is 0.466 e. The smallest absolute Gasteiger partial charge is 0.302 e. The van der Waals surface area contributed by atoms with Crippen LogP contribution in [0.15, 0.2) is 0 Å². The summed E-state index contributed by atoms with van der Waals surface area (Å²) in [5.74, 6) is 0.353. The minimum absolute atomic E-state index is 0.0776. The zero-order valence-electron chi connectivity index (χ0n) is 13.2. The summed E-state index contributed by atoms with van der Waals surface area (Å²) in [5, 5.41) is 0. The van der Waals surface area contributed by atoms with E-state index in [2.05, 4.69) is 0 Å². The summed E-state index contributed by atoms with van der Waals surface area (Å²) in [6.45, 7) is 3.85. The van der Waals surface area contributed by atoms with Crippen LogP contribution in [0.1, 0.15) is 78.1 Å². The molecule has 1 fully saturated rings. The molecule has 0 bridgehead atoms. The van der Waals surface area contributed by atoms with Crippen LogP contribution in [-0.4, -0.2) is 18.4 Å². The Labute approximate surface area is 123 Å². The first kappa shape index (κ1) is 17.2. The van der Waals surface area contributed by atoms with E-state index in [-0.39, 0.29) is 17.8 Å². The van der Waals surface area contributed by atoms with Gasteiger partial charge in [-0.3, -0.25) is 9.59 Å². The van der Waals surface area contributed by atoms with Crippen LogP contribution in [0.5, 0.6) is 0 Å². The van der Waals surface area contributed by atoms with Gasteiger partial charge in [0.1, 0.15) is 5.78 Å². The average Bonchev–Trinajstić information content (AvgIpc) is 2.40. The van der Waals surface area contributed by atoms with Crippen LogP contribution < -0.4 is 0 Å². The van der Waals surface area contributed by atoms with Gasteiger partial charge in [-0.2, -0.15) is 0 Å². The van der Waals surface area contributed by atoms with Crippen molar-refractivity contribution in [2.45, 2.75) is 78.1 Å². The summed E-state index contributed by atoms with van der Waals surface area (Å²) >= 11 is 0. The van der Waals surface area contributed by atoms with Gasteiger partial charge in [-0.25, -0.2) is 0 Å². The van der Waals surface area contributed by atoms with Crippen molar-refractivity contribution in [3.8, 4) is 0 Å². The number of esters is 1. The summed E-state index contributed by atoms with van der Waals surface area (Å²) in [6.07, 6.45) is 11.4. The van der Waals surface area contributed by atoms with Gasteiger partial charge in [-0.05, 0) is 18.8 Å². The lowest BCUT2D eigenvalue weighted by Crippen LogP contribution is -2.26. The summed E-state index contributed by atoms with van der Waals surface area (Å²) in [7, 11) is 0. The zero-order valence-corrected chi connectivity index (χ0v) is 13.2. The van der Waals surface area contributed by atoms with Crippen LogP contribution >= 0.6 is 0 Å². The summed E-state index contributed by atoms with van der Waals surface area (Å²) in [4.78, 5) is 23.3. The molecule has 0 spiro atoms. The highest BCUT2D eigenvalue weighted by Gasteiger charge is 2.25. The van der Waals surface area contributed by atoms with E-state index >= 15 is 0 Å². The van der Waals surface area contributed by atoms with E-state index in [9.17, 15) is 9.59 Å². The monoisotopic (exact) mass is 282 g/mol. The Hall–Kier alpha value is -0.860. The molecular weight excluding hydrogens is 252 g/mol. The highest BCUT2D eigenvalue weighted by atomic mass is 16.5. The quantitative estimate of drug-likeness (QED) is 0.725. The normalized spacial score (nSPS) is 24.3. The maximum atomic E-state index is 12.4. The number of ether oxygens (including phenoxy) is 1. The molecule has 0 heterocycles. The van der Waals surface area contributed by atoms with Gasteiger partial charge in [-0.1, -0.05) is 51.9 Å². The number of carbonyl (C=O) groups is 2. The van der Waals surface area contributed by atoms with Crippen molar-refractivity contribution in [3.05, 3.63) is 0 Å². The second-order valence-electron chi connectivity index (χ2n) is 6.22. The predicted molar refractivity (Wildman–Crippen MR) is 80.5 cm³/mol. The lowest BCUT2D eigenvalue weighted by molar-refractivity contribution is -0.144. The second kappa shape index (κ2) is 9.95. The highest BCUT2D eigenvalue weighted by molar-refractivity contribution is 5.81. The van der Waals surface area contributed by atoms with Crippen LogP contribution in [0.2, 0.25) is 0 Å². The van der Waals surface area contributed by atoms with Crippen LogP contribution in [0, 0.1) is 11.8 Å². The van der Waals surface area contributed by atoms with E-state index in [0.29, 0.717) is 18.8 Å². The van der Waals surface area contributed by atoms with Gasteiger partial charge >= 0.3 is 5.97 Å². The lowest BCUT2D eigenvalue weighted by atomic mass is 9.83. The molecule has 1 rings (SSSR count). The fourth-order valence-electron chi connectivity index (χ4n) is 3.04. The molecule has 0 aromatic rings. The molecule has 2 atom stereocenters. The Kier molecular flexibility index (Phi) is 8.56. The Balaban J connectivity index is 2.51. The summed E-state index contributed by atoms with van der Waals surface area (Å²) < 4.78 is 5.09. The maximum Gasteiger partial charge on any atom is 0.302 e. The molecule has 3 heteroatoms. The van der Waals surface area contributed by atoms with Crippen LogP contribution in [-0.2, 0) is 14.3 Å². The van der Waals surface area contributed by atoms with Crippen molar-refractivity contribution in [3.63, 3.8) is 0 Å². The van der Waals surface area contributed by atoms with Gasteiger partial charge in [-0.15, -0.1) is 0 Å². The highest BCUT2D eigenvalue weighted by Crippen LogP contribution is 2.25. The fourth-order valence-corrected chi connectivity index (χ4v) is 3.04. The molecule has 20 heavy (non-hydrogen) atoms. The van der Waals surface area contributed by atoms with Crippen molar-refractivity contribution >= 4 is 11.8 Å². The summed E-state index contributed by atoms with van der Waals surface area (Å²) in [6, 6.07) is 0. The standard InChI is InChI=1S/C17H30O3/c1-14(13-20-15(2)18)16-11-9-7-5-3-4-6-8-10-12-17(16)19/h14,16H,3-13H2,1-2H3. The Bertz CT molecular complexity index is 299. The van der Waals surface area contributed by atoms with Gasteiger partial charge in [0.25, 0.3) is 0 Å². The molecule has 1 aliphatic carbocycles. The number of hydrogen-bond acceptors (Lipinski definition) is 3. The molecule has 0 saturated heterocycles. The van der Waals surface area contributed by atoms with Crippen molar-refractivity contribution in [1.29, 1.82) is 0 Å². The van der Waals surface area contributed by atoms with Crippen LogP contribution in [0.3, 0.4) is 0 Å². The van der Waals surface area contributed by atoms with Crippen molar-refractivity contribution < 1.29 is 14.3 Å². The molecule has 0 N–H and O–H groups in total. The SMILES string of the molecule is CC(=O)OCC(C)C1CCCCCCCCCCC1=O. The maximum absolute atomic E-state index is 12.4. The number of rotatable bonds is 3. The van der Waals surface area contributed by atoms with Crippen molar-refractivity contribution in [2.75, 3.05) is 6.61 Å². The second-order valence-corrected chi connectivity index (χ2v) is 6.22. The lowest BCUT2D eigenvalue weighted by Gasteiger charge is -2.23. The fraction of sp³-hybridized carbons (Fsp3) is 0.882. The van der Waals surface area contributed by atoms with Gasteiger partial charge in [0.05, 0.1) is 6.61 Å². The molecule has 1 saturated carbocycles. The van der Waals surface area contributed by atoms with E-state index < -0.39 is 0 Å². The molecular formula is C17H30O3. The Morgan fingerprint density at radius 1 is 1.10 bits per heavy atom. The zero-order chi connectivity index (χ0) is 14.8.